The minimum atomic E-state index is -0.510. The monoisotopic (exact) mass is 345 g/mol. The highest BCUT2D eigenvalue weighted by molar-refractivity contribution is 6.43. The molecule has 2 aromatic rings. The molecule has 0 aliphatic carbocycles. The van der Waals surface area contributed by atoms with Crippen molar-refractivity contribution in [2.24, 2.45) is 0 Å². The van der Waals surface area contributed by atoms with E-state index in [2.05, 4.69) is 10.6 Å². The maximum absolute atomic E-state index is 12.1. The molecule has 0 saturated heterocycles. The highest BCUT2D eigenvalue weighted by Crippen LogP contribution is 2.29. The zero-order chi connectivity index (χ0) is 16.8. The van der Waals surface area contributed by atoms with E-state index >= 15 is 0 Å². The lowest BCUT2D eigenvalue weighted by Gasteiger charge is -2.07. The molecule has 2 aromatic carbocycles. The smallest absolute Gasteiger partial charge is 0.267 e. The number of nitriles is 1. The molecule has 0 saturated carbocycles. The van der Waals surface area contributed by atoms with E-state index in [9.17, 15) is 4.79 Å². The summed E-state index contributed by atoms with van der Waals surface area (Å²) in [7, 11) is 0. The van der Waals surface area contributed by atoms with Gasteiger partial charge in [0.15, 0.2) is 0 Å². The Balaban J connectivity index is 2.14. The zero-order valence-corrected chi connectivity index (χ0v) is 13.7. The molecule has 0 atom stereocenters. The van der Waals surface area contributed by atoms with Gasteiger partial charge >= 0.3 is 0 Å². The van der Waals surface area contributed by atoms with Gasteiger partial charge in [0, 0.05) is 11.9 Å². The number of amides is 1. The number of carbonyl (C=O) groups excluding carboxylic acids is 1. The van der Waals surface area contributed by atoms with Crippen LogP contribution in [-0.2, 0) is 4.79 Å². The molecule has 1 amide bonds. The van der Waals surface area contributed by atoms with Crippen LogP contribution in [0.1, 0.15) is 5.56 Å². The van der Waals surface area contributed by atoms with Crippen LogP contribution in [0.3, 0.4) is 0 Å². The second-order valence-electron chi connectivity index (χ2n) is 4.74. The van der Waals surface area contributed by atoms with Gasteiger partial charge in [0.1, 0.15) is 11.6 Å². The number of aryl methyl sites for hydroxylation is 1. The summed E-state index contributed by atoms with van der Waals surface area (Å²) < 4.78 is 0. The van der Waals surface area contributed by atoms with Gasteiger partial charge in [-0.05, 0) is 36.8 Å². The third-order valence-corrected chi connectivity index (χ3v) is 3.78. The lowest BCUT2D eigenvalue weighted by atomic mass is 10.2. The molecule has 0 bridgehead atoms. The van der Waals surface area contributed by atoms with Gasteiger partial charge in [-0.15, -0.1) is 0 Å². The van der Waals surface area contributed by atoms with Crippen LogP contribution in [0.15, 0.2) is 54.2 Å². The molecule has 6 heteroatoms. The molecule has 0 fully saturated rings. The molecule has 0 radical (unpaired) electrons. The number of benzene rings is 2. The predicted molar refractivity (Wildman–Crippen MR) is 93.6 cm³/mol. The maximum Gasteiger partial charge on any atom is 0.267 e. The Labute approximate surface area is 144 Å². The van der Waals surface area contributed by atoms with Gasteiger partial charge in [-0.2, -0.15) is 5.26 Å². The summed E-state index contributed by atoms with van der Waals surface area (Å²) in [5.41, 5.74) is 2.06. The Morgan fingerprint density at radius 1 is 1.22 bits per heavy atom. The Kier molecular flexibility index (Phi) is 5.64. The van der Waals surface area contributed by atoms with Crippen molar-refractivity contribution >= 4 is 40.5 Å². The first-order valence-electron chi connectivity index (χ1n) is 6.70. The summed E-state index contributed by atoms with van der Waals surface area (Å²) >= 11 is 12.0. The van der Waals surface area contributed by atoms with E-state index in [1.54, 1.807) is 24.3 Å². The largest absolute Gasteiger partial charge is 0.359 e. The zero-order valence-electron chi connectivity index (χ0n) is 12.2. The summed E-state index contributed by atoms with van der Waals surface area (Å²) in [6, 6.07) is 14.2. The van der Waals surface area contributed by atoms with E-state index in [0.29, 0.717) is 21.4 Å². The van der Waals surface area contributed by atoms with Gasteiger partial charge in [-0.25, -0.2) is 0 Å². The van der Waals surface area contributed by atoms with E-state index in [1.165, 1.54) is 6.20 Å². The molecule has 0 spiro atoms. The van der Waals surface area contributed by atoms with Crippen LogP contribution >= 0.6 is 23.2 Å². The summed E-state index contributed by atoms with van der Waals surface area (Å²) in [5, 5.41) is 15.3. The predicted octanol–water partition coefficient (Wildman–Crippen LogP) is 4.76. The Morgan fingerprint density at radius 2 is 1.96 bits per heavy atom. The second-order valence-corrected chi connectivity index (χ2v) is 5.52. The van der Waals surface area contributed by atoms with Gasteiger partial charge in [-0.3, -0.25) is 4.79 Å². The summed E-state index contributed by atoms with van der Waals surface area (Å²) in [4.78, 5) is 12.1. The lowest BCUT2D eigenvalue weighted by molar-refractivity contribution is -0.112. The van der Waals surface area contributed by atoms with Crippen molar-refractivity contribution in [2.75, 3.05) is 10.6 Å². The minimum Gasteiger partial charge on any atom is -0.359 e. The lowest BCUT2D eigenvalue weighted by Crippen LogP contribution is -2.14. The average molecular weight is 346 g/mol. The third-order valence-electron chi connectivity index (χ3n) is 2.96. The van der Waals surface area contributed by atoms with E-state index in [-0.39, 0.29) is 5.57 Å². The van der Waals surface area contributed by atoms with Crippen LogP contribution in [0.2, 0.25) is 10.0 Å². The van der Waals surface area contributed by atoms with Crippen LogP contribution in [0.5, 0.6) is 0 Å². The molecule has 0 aliphatic rings. The van der Waals surface area contributed by atoms with Crippen molar-refractivity contribution in [1.29, 1.82) is 5.26 Å². The van der Waals surface area contributed by atoms with E-state index in [1.807, 2.05) is 31.2 Å². The highest BCUT2D eigenvalue weighted by Gasteiger charge is 2.10. The van der Waals surface area contributed by atoms with Crippen LogP contribution in [-0.4, -0.2) is 5.91 Å². The van der Waals surface area contributed by atoms with Gasteiger partial charge < -0.3 is 10.6 Å². The molecular formula is C17H13Cl2N3O. The van der Waals surface area contributed by atoms with Crippen LogP contribution in [0.4, 0.5) is 11.4 Å². The van der Waals surface area contributed by atoms with Crippen molar-refractivity contribution in [3.05, 3.63) is 69.8 Å². The van der Waals surface area contributed by atoms with Crippen LogP contribution in [0.25, 0.3) is 0 Å². The SMILES string of the molecule is Cc1cccc(NC(=O)/C(C#N)=C\Nc2cccc(Cl)c2Cl)c1. The molecule has 2 rings (SSSR count). The van der Waals surface area contributed by atoms with Gasteiger partial charge in [0.25, 0.3) is 5.91 Å². The number of nitrogens with one attached hydrogen (secondary N) is 2. The van der Waals surface area contributed by atoms with Gasteiger partial charge in [0.05, 0.1) is 15.7 Å². The molecule has 0 aromatic heterocycles. The topological polar surface area (TPSA) is 64.9 Å². The highest BCUT2D eigenvalue weighted by atomic mass is 35.5. The van der Waals surface area contributed by atoms with Crippen molar-refractivity contribution in [2.45, 2.75) is 6.92 Å². The average Bonchev–Trinajstić information content (AvgIpc) is 2.52. The third kappa shape index (κ3) is 4.49. The molecule has 0 heterocycles. The first kappa shape index (κ1) is 16.9. The second kappa shape index (κ2) is 7.68. The van der Waals surface area contributed by atoms with Gasteiger partial charge in [-0.1, -0.05) is 41.4 Å². The number of anilines is 2. The molecule has 23 heavy (non-hydrogen) atoms. The van der Waals surface area contributed by atoms with Crippen molar-refractivity contribution in [1.82, 2.24) is 0 Å². The number of nitrogens with zero attached hydrogens (tertiary/aromatic N) is 1. The number of hydrogen-bond donors (Lipinski definition) is 2. The fraction of sp³-hybridized carbons (Fsp3) is 0.0588. The standard InChI is InChI=1S/C17H13Cl2N3O/c1-11-4-2-5-13(8-11)22-17(23)12(9-20)10-21-15-7-3-6-14(18)16(15)19/h2-8,10,21H,1H3,(H,22,23)/b12-10-. The molecule has 116 valence electrons. The fourth-order valence-corrected chi connectivity index (χ4v) is 2.19. The molecule has 4 nitrogen and oxygen atoms in total. The Bertz CT molecular complexity index is 810. The summed E-state index contributed by atoms with van der Waals surface area (Å²) in [5.74, 6) is -0.510. The van der Waals surface area contributed by atoms with E-state index in [4.69, 9.17) is 28.5 Å². The van der Waals surface area contributed by atoms with E-state index < -0.39 is 5.91 Å². The number of carbonyl (C=O) groups is 1. The number of rotatable bonds is 4. The molecular weight excluding hydrogens is 333 g/mol. The fourth-order valence-electron chi connectivity index (χ4n) is 1.84. The molecule has 0 aliphatic heterocycles. The molecule has 2 N–H and O–H groups in total. The first-order valence-corrected chi connectivity index (χ1v) is 7.45. The van der Waals surface area contributed by atoms with Crippen molar-refractivity contribution < 1.29 is 4.79 Å². The van der Waals surface area contributed by atoms with Crippen molar-refractivity contribution in [3.8, 4) is 6.07 Å². The quantitative estimate of drug-likeness (QED) is 0.620. The van der Waals surface area contributed by atoms with Crippen molar-refractivity contribution in [3.63, 3.8) is 0 Å². The normalized spacial score (nSPS) is 10.8. The maximum atomic E-state index is 12.1. The summed E-state index contributed by atoms with van der Waals surface area (Å²) in [6.45, 7) is 1.92. The summed E-state index contributed by atoms with van der Waals surface area (Å²) in [6.07, 6.45) is 1.29. The van der Waals surface area contributed by atoms with Crippen LogP contribution in [0, 0.1) is 18.3 Å². The Morgan fingerprint density at radius 3 is 2.65 bits per heavy atom. The number of halogens is 2. The first-order chi connectivity index (χ1) is 11.0. The Hall–Kier alpha value is -2.48. The minimum absolute atomic E-state index is 0.0810. The number of hydrogen-bond acceptors (Lipinski definition) is 3. The van der Waals surface area contributed by atoms with Crippen LogP contribution < -0.4 is 10.6 Å². The van der Waals surface area contributed by atoms with E-state index in [0.717, 1.165) is 5.56 Å². The van der Waals surface area contributed by atoms with Gasteiger partial charge in [0.2, 0.25) is 0 Å². The molecule has 0 unspecified atom stereocenters.